The number of urea groups is 1. The minimum Gasteiger partial charge on any atom is -0.490 e. The Kier molecular flexibility index (Phi) is 14.5. The normalized spacial score (nSPS) is 17.4. The Morgan fingerprint density at radius 1 is 1.05 bits per heavy atom. The van der Waals surface area contributed by atoms with Gasteiger partial charge in [0.25, 0.3) is 0 Å². The van der Waals surface area contributed by atoms with Crippen LogP contribution in [0, 0.1) is 5.82 Å². The number of carbonyl (C=O) groups is 1. The van der Waals surface area contributed by atoms with Crippen LogP contribution >= 0.6 is 11.6 Å². The van der Waals surface area contributed by atoms with E-state index in [0.29, 0.717) is 24.8 Å². The maximum Gasteiger partial charge on any atom is 0.315 e. The Balaban J connectivity index is 1.22. The number of hydrogen-bond acceptors (Lipinski definition) is 11. The van der Waals surface area contributed by atoms with Gasteiger partial charge in [0.2, 0.25) is 10.0 Å². The van der Waals surface area contributed by atoms with Gasteiger partial charge in [-0.1, -0.05) is 29.8 Å². The lowest BCUT2D eigenvalue weighted by molar-refractivity contribution is -0.0902. The second-order valence-corrected chi connectivity index (χ2v) is 16.5. The molecule has 0 bridgehead atoms. The first-order valence-electron chi connectivity index (χ1n) is 18.4. The van der Waals surface area contributed by atoms with Gasteiger partial charge in [-0.05, 0) is 87.8 Å². The number of ether oxygens (including phenoxy) is 2. The minimum absolute atomic E-state index is 0.000745. The zero-order valence-electron chi connectivity index (χ0n) is 30.8. The molecule has 2 aliphatic rings. The molecule has 0 radical (unpaired) electrons. The molecule has 0 unspecified atom stereocenters. The third kappa shape index (κ3) is 10.5. The van der Waals surface area contributed by atoms with Crippen molar-refractivity contribution in [3.63, 3.8) is 0 Å². The van der Waals surface area contributed by atoms with Crippen LogP contribution in [0.2, 0.25) is 5.02 Å². The average molecular weight is 809 g/mol. The van der Waals surface area contributed by atoms with Crippen LogP contribution in [-0.4, -0.2) is 112 Å². The molecule has 55 heavy (non-hydrogen) atoms. The third-order valence-corrected chi connectivity index (χ3v) is 12.2. The van der Waals surface area contributed by atoms with Crippen molar-refractivity contribution in [2.75, 3.05) is 26.3 Å². The van der Waals surface area contributed by atoms with Gasteiger partial charge in [-0.2, -0.15) is 4.31 Å². The highest BCUT2D eigenvalue weighted by atomic mass is 35.5. The Morgan fingerprint density at radius 2 is 1.78 bits per heavy atom. The van der Waals surface area contributed by atoms with Crippen LogP contribution in [0.25, 0.3) is 11.1 Å². The predicted molar refractivity (Wildman–Crippen MR) is 201 cm³/mol. The van der Waals surface area contributed by atoms with Crippen LogP contribution in [0.4, 0.5) is 9.18 Å². The number of rotatable bonds is 21. The fraction of sp³-hybridized carbons (Fsp3) is 0.526. The summed E-state index contributed by atoms with van der Waals surface area (Å²) in [4.78, 5) is 16.2. The number of hydrogen-bond donors (Lipinski definition) is 7. The van der Waals surface area contributed by atoms with Crippen molar-refractivity contribution in [2.24, 2.45) is 0 Å². The van der Waals surface area contributed by atoms with E-state index in [0.717, 1.165) is 41.3 Å². The third-order valence-electron chi connectivity index (χ3n) is 9.73. The highest BCUT2D eigenvalue weighted by Gasteiger charge is 2.48. The topological polar surface area (TPSA) is 211 Å². The highest BCUT2D eigenvalue weighted by Crippen LogP contribution is 2.53. The minimum atomic E-state index is -4.36. The van der Waals surface area contributed by atoms with Crippen LogP contribution in [0.5, 0.6) is 5.75 Å². The van der Waals surface area contributed by atoms with Gasteiger partial charge in [-0.3, -0.25) is 4.98 Å². The summed E-state index contributed by atoms with van der Waals surface area (Å²) in [7, 11) is -4.36. The van der Waals surface area contributed by atoms with Crippen LogP contribution in [-0.2, 0) is 27.0 Å². The molecular formula is C38H50ClFN4O10S. The van der Waals surface area contributed by atoms with Gasteiger partial charge in [-0.25, -0.2) is 17.6 Å². The standard InChI is InChI=1S/C38H50ClFN4O10S/c1-23(2)44(16-6-5-14-42-37(50)43-31(20-45)35(48)36(49)32(47)21-46)55(51,52)34-17-24(29(39)18-30(34)40)22-53-38(12-13-38)28-19-41-15-11-26(28)27-7-3-4-8-33(27)54-25-9-10-25/h3-4,7-8,11,15,17-19,23,25,31-32,35-36,45-49H,5-6,9-10,12-14,16,20-22H2,1-2H3,(H2,42,43,50)/t31-,32+,35+,36+/m0/s1. The van der Waals surface area contributed by atoms with Gasteiger partial charge >= 0.3 is 6.03 Å². The first-order chi connectivity index (χ1) is 26.2. The monoisotopic (exact) mass is 808 g/mol. The molecule has 4 atom stereocenters. The number of carbonyl (C=O) groups excluding carboxylic acids is 1. The van der Waals surface area contributed by atoms with Gasteiger partial charge < -0.3 is 45.6 Å². The molecular weight excluding hydrogens is 759 g/mol. The number of halogens is 2. The van der Waals surface area contributed by atoms with Crippen molar-refractivity contribution >= 4 is 27.7 Å². The number of amides is 2. The number of sulfonamides is 1. The summed E-state index contributed by atoms with van der Waals surface area (Å²) in [6.45, 7) is 1.72. The van der Waals surface area contributed by atoms with E-state index in [1.807, 2.05) is 30.3 Å². The second kappa shape index (κ2) is 18.7. The van der Waals surface area contributed by atoms with Crippen LogP contribution < -0.4 is 15.4 Å². The Hall–Kier alpha value is -3.45. The van der Waals surface area contributed by atoms with E-state index in [2.05, 4.69) is 15.6 Å². The highest BCUT2D eigenvalue weighted by molar-refractivity contribution is 7.89. The van der Waals surface area contributed by atoms with Crippen LogP contribution in [0.1, 0.15) is 63.5 Å². The van der Waals surface area contributed by atoms with E-state index in [-0.39, 0.29) is 37.2 Å². The van der Waals surface area contributed by atoms with Crippen molar-refractivity contribution in [3.8, 4) is 16.9 Å². The van der Waals surface area contributed by atoms with Crippen molar-refractivity contribution in [1.29, 1.82) is 0 Å². The Labute approximate surface area is 325 Å². The molecule has 5 rings (SSSR count). The fourth-order valence-corrected chi connectivity index (χ4v) is 8.24. The molecule has 2 aliphatic carbocycles. The first-order valence-corrected chi connectivity index (χ1v) is 20.2. The molecule has 302 valence electrons. The van der Waals surface area contributed by atoms with Crippen LogP contribution in [0.3, 0.4) is 0 Å². The van der Waals surface area contributed by atoms with Gasteiger partial charge in [0.1, 0.15) is 34.8 Å². The zero-order chi connectivity index (χ0) is 39.9. The van der Waals surface area contributed by atoms with Gasteiger partial charge in [0.15, 0.2) is 0 Å². The number of aromatic nitrogens is 1. The lowest BCUT2D eigenvalue weighted by atomic mass is 9.96. The van der Waals surface area contributed by atoms with E-state index >= 15 is 4.39 Å². The number of nitrogens with one attached hydrogen (secondary N) is 2. The maximum atomic E-state index is 15.4. The number of pyridine rings is 1. The van der Waals surface area contributed by atoms with E-state index in [4.69, 9.17) is 26.2 Å². The summed E-state index contributed by atoms with van der Waals surface area (Å²) in [5, 5.41) is 52.9. The fourth-order valence-electron chi connectivity index (χ4n) is 6.26. The average Bonchev–Trinajstić information content (AvgIpc) is 4.11. The number of aliphatic hydroxyl groups is 5. The molecule has 0 saturated heterocycles. The summed E-state index contributed by atoms with van der Waals surface area (Å²) in [6.07, 6.45) is 2.43. The SMILES string of the molecule is CC(C)N(CCCCNC(=O)N[C@@H](CO)[C@@H](O)[C@H](O)[C@H](O)CO)S(=O)(=O)c1cc(COC2(c3cnccc3-c3ccccc3OC3CC3)CC2)c(Cl)cc1F. The lowest BCUT2D eigenvalue weighted by Crippen LogP contribution is -2.56. The second-order valence-electron chi connectivity index (χ2n) is 14.2. The summed E-state index contributed by atoms with van der Waals surface area (Å²) in [6, 6.07) is 9.25. The number of para-hydroxylation sites is 1. The number of aliphatic hydroxyl groups excluding tert-OH is 5. The number of unbranched alkanes of at least 4 members (excludes halogenated alkanes) is 1. The molecule has 0 spiro atoms. The van der Waals surface area contributed by atoms with Gasteiger partial charge in [0, 0.05) is 47.7 Å². The molecule has 1 aromatic heterocycles. The van der Waals surface area contributed by atoms with Crippen molar-refractivity contribution in [1.82, 2.24) is 19.9 Å². The van der Waals surface area contributed by atoms with E-state index in [1.54, 1.807) is 26.2 Å². The van der Waals surface area contributed by atoms with E-state index < -0.39 is 76.0 Å². The molecule has 2 saturated carbocycles. The van der Waals surface area contributed by atoms with Gasteiger partial charge in [0.05, 0.1) is 37.6 Å². The maximum absolute atomic E-state index is 15.4. The largest absolute Gasteiger partial charge is 0.490 e. The Bertz CT molecular complexity index is 1880. The quantitative estimate of drug-likeness (QED) is 0.0778. The number of nitrogens with zero attached hydrogens (tertiary/aromatic N) is 2. The molecule has 0 aliphatic heterocycles. The van der Waals surface area contributed by atoms with Crippen molar-refractivity contribution in [2.45, 2.75) is 106 Å². The Morgan fingerprint density at radius 3 is 2.44 bits per heavy atom. The predicted octanol–water partition coefficient (Wildman–Crippen LogP) is 3.20. The summed E-state index contributed by atoms with van der Waals surface area (Å²) < 4.78 is 57.1. The summed E-state index contributed by atoms with van der Waals surface area (Å²) >= 11 is 6.47. The van der Waals surface area contributed by atoms with E-state index in [1.165, 1.54) is 10.4 Å². The lowest BCUT2D eigenvalue weighted by Gasteiger charge is -2.28. The smallest absolute Gasteiger partial charge is 0.315 e. The van der Waals surface area contributed by atoms with Crippen molar-refractivity contribution < 1.29 is 52.6 Å². The number of benzene rings is 2. The van der Waals surface area contributed by atoms with E-state index in [9.17, 15) is 33.6 Å². The van der Waals surface area contributed by atoms with Gasteiger partial charge in [-0.15, -0.1) is 0 Å². The molecule has 7 N–H and O–H groups in total. The zero-order valence-corrected chi connectivity index (χ0v) is 32.3. The van der Waals surface area contributed by atoms with Crippen LogP contribution in [0.15, 0.2) is 59.8 Å². The molecule has 17 heteroatoms. The summed E-state index contributed by atoms with van der Waals surface area (Å²) in [5.74, 6) is -0.221. The molecule has 1 heterocycles. The molecule has 14 nitrogen and oxygen atoms in total. The summed E-state index contributed by atoms with van der Waals surface area (Å²) in [5.41, 5.74) is 2.31. The molecule has 2 amide bonds. The molecule has 3 aromatic rings. The first kappa shape index (κ1) is 42.7. The molecule has 2 aromatic carbocycles. The molecule has 2 fully saturated rings. The van der Waals surface area contributed by atoms with Crippen molar-refractivity contribution in [3.05, 3.63) is 76.8 Å².